The normalized spacial score (nSPS) is 10.6. The van der Waals surface area contributed by atoms with Gasteiger partial charge >= 0.3 is 0 Å². The van der Waals surface area contributed by atoms with Crippen molar-refractivity contribution in [2.45, 2.75) is 6.61 Å². The lowest BCUT2D eigenvalue weighted by atomic mass is 10.2. The van der Waals surface area contributed by atoms with E-state index in [9.17, 15) is 4.39 Å². The standard InChI is InChI=1S/C21H14ClFIN3O.ClH/c22-21-25-19-10-9-16(24)12-18(19)20(26-21)27(17-7-2-1-3-8-17)28-13-14-5-4-6-15(23)11-14;/h1-12H,13H2;1H. The largest absolute Gasteiger partial charge is 0.262 e. The predicted octanol–water partition coefficient (Wildman–Crippen LogP) is 6.72. The third kappa shape index (κ3) is 5.14. The molecule has 0 unspecified atom stereocenters. The van der Waals surface area contributed by atoms with Crippen molar-refractivity contribution in [1.82, 2.24) is 9.97 Å². The first kappa shape index (κ1) is 21.7. The van der Waals surface area contributed by atoms with Gasteiger partial charge < -0.3 is 0 Å². The molecule has 4 aromatic rings. The minimum atomic E-state index is -0.308. The lowest BCUT2D eigenvalue weighted by molar-refractivity contribution is 0.121. The Hall–Kier alpha value is -2.00. The molecule has 0 aliphatic heterocycles. The van der Waals surface area contributed by atoms with Gasteiger partial charge in [-0.25, -0.2) is 14.4 Å². The first-order valence-corrected chi connectivity index (χ1v) is 9.91. The lowest BCUT2D eigenvalue weighted by Crippen LogP contribution is -2.19. The minimum absolute atomic E-state index is 0. The van der Waals surface area contributed by atoms with E-state index in [0.717, 1.165) is 14.6 Å². The van der Waals surface area contributed by atoms with Crippen LogP contribution in [0.1, 0.15) is 5.56 Å². The number of hydrogen-bond acceptors (Lipinski definition) is 4. The Balaban J connectivity index is 0.00000240. The second kappa shape index (κ2) is 9.67. The number of fused-ring (bicyclic) bond motifs is 1. The molecule has 29 heavy (non-hydrogen) atoms. The maximum absolute atomic E-state index is 13.5. The summed E-state index contributed by atoms with van der Waals surface area (Å²) in [5, 5.41) is 2.54. The van der Waals surface area contributed by atoms with Gasteiger partial charge in [0.15, 0.2) is 5.82 Å². The highest BCUT2D eigenvalue weighted by Gasteiger charge is 2.18. The molecule has 4 rings (SSSR count). The summed E-state index contributed by atoms with van der Waals surface area (Å²) >= 11 is 8.41. The van der Waals surface area contributed by atoms with Crippen LogP contribution in [0.25, 0.3) is 10.9 Å². The van der Waals surface area contributed by atoms with Crippen molar-refractivity contribution in [1.29, 1.82) is 0 Å². The van der Waals surface area contributed by atoms with Crippen LogP contribution in [0.2, 0.25) is 5.28 Å². The van der Waals surface area contributed by atoms with Crippen molar-refractivity contribution in [3.8, 4) is 0 Å². The zero-order valence-corrected chi connectivity index (χ0v) is 18.7. The summed E-state index contributed by atoms with van der Waals surface area (Å²) in [5.74, 6) is 0.216. The Morgan fingerprint density at radius 1 is 0.966 bits per heavy atom. The zero-order valence-electron chi connectivity index (χ0n) is 14.9. The van der Waals surface area contributed by atoms with Gasteiger partial charge in [-0.05, 0) is 82.2 Å². The van der Waals surface area contributed by atoms with Crippen LogP contribution in [0, 0.1) is 9.39 Å². The number of nitrogens with zero attached hydrogens (tertiary/aromatic N) is 3. The van der Waals surface area contributed by atoms with Gasteiger partial charge in [0.05, 0.1) is 11.2 Å². The van der Waals surface area contributed by atoms with Gasteiger partial charge in [0.2, 0.25) is 5.28 Å². The van der Waals surface area contributed by atoms with Crippen LogP contribution in [0.15, 0.2) is 72.8 Å². The molecule has 4 nitrogen and oxygen atoms in total. The van der Waals surface area contributed by atoms with Crippen molar-refractivity contribution < 1.29 is 9.23 Å². The Morgan fingerprint density at radius 2 is 1.76 bits per heavy atom. The summed E-state index contributed by atoms with van der Waals surface area (Å²) < 4.78 is 14.6. The molecule has 0 aliphatic carbocycles. The fraction of sp³-hybridized carbons (Fsp3) is 0.0476. The third-order valence-corrected chi connectivity index (χ3v) is 4.88. The highest BCUT2D eigenvalue weighted by molar-refractivity contribution is 14.1. The Labute approximate surface area is 192 Å². The smallest absolute Gasteiger partial charge is 0.225 e. The first-order valence-electron chi connectivity index (χ1n) is 8.45. The average molecular weight is 542 g/mol. The molecule has 0 fully saturated rings. The Kier molecular flexibility index (Phi) is 7.23. The molecule has 0 saturated heterocycles. The van der Waals surface area contributed by atoms with Gasteiger partial charge in [-0.1, -0.05) is 30.3 Å². The molecule has 1 heterocycles. The molecule has 0 spiro atoms. The van der Waals surface area contributed by atoms with E-state index >= 15 is 0 Å². The van der Waals surface area contributed by atoms with Crippen LogP contribution >= 0.6 is 46.6 Å². The summed E-state index contributed by atoms with van der Waals surface area (Å²) in [7, 11) is 0. The monoisotopic (exact) mass is 541 g/mol. The average Bonchev–Trinajstić information content (AvgIpc) is 2.69. The quantitative estimate of drug-likeness (QED) is 0.160. The van der Waals surface area contributed by atoms with Crippen molar-refractivity contribution in [3.63, 3.8) is 0 Å². The lowest BCUT2D eigenvalue weighted by Gasteiger charge is -2.24. The van der Waals surface area contributed by atoms with Gasteiger partial charge in [0, 0.05) is 8.96 Å². The number of anilines is 2. The highest BCUT2D eigenvalue weighted by atomic mass is 127. The van der Waals surface area contributed by atoms with Gasteiger partial charge in [-0.15, -0.1) is 12.4 Å². The fourth-order valence-electron chi connectivity index (χ4n) is 2.80. The molecule has 3 aromatic carbocycles. The van der Waals surface area contributed by atoms with Gasteiger partial charge in [0.1, 0.15) is 12.4 Å². The Morgan fingerprint density at radius 3 is 2.52 bits per heavy atom. The number of para-hydroxylation sites is 1. The van der Waals surface area contributed by atoms with Crippen LogP contribution in [0.5, 0.6) is 0 Å². The van der Waals surface area contributed by atoms with Gasteiger partial charge in [0.25, 0.3) is 0 Å². The topological polar surface area (TPSA) is 38.2 Å². The van der Waals surface area contributed by atoms with E-state index in [0.29, 0.717) is 16.9 Å². The minimum Gasteiger partial charge on any atom is -0.262 e. The molecule has 8 heteroatoms. The van der Waals surface area contributed by atoms with Gasteiger partial charge in [-0.3, -0.25) is 4.84 Å². The van der Waals surface area contributed by atoms with Crippen molar-refractivity contribution >= 4 is 69.0 Å². The van der Waals surface area contributed by atoms with E-state index in [1.165, 1.54) is 12.1 Å². The predicted molar refractivity (Wildman–Crippen MR) is 124 cm³/mol. The molecule has 0 N–H and O–H groups in total. The van der Waals surface area contributed by atoms with Crippen LogP contribution < -0.4 is 5.06 Å². The van der Waals surface area contributed by atoms with E-state index in [1.807, 2.05) is 48.5 Å². The number of hydrogen-bond donors (Lipinski definition) is 0. The molecule has 0 radical (unpaired) electrons. The van der Waals surface area contributed by atoms with Crippen LogP contribution in [0.4, 0.5) is 15.9 Å². The zero-order chi connectivity index (χ0) is 19.5. The summed E-state index contributed by atoms with van der Waals surface area (Å²) in [5.41, 5.74) is 2.19. The third-order valence-electron chi connectivity index (χ3n) is 4.04. The number of halogens is 4. The first-order chi connectivity index (χ1) is 13.6. The molecule has 0 atom stereocenters. The molecule has 1 aromatic heterocycles. The van der Waals surface area contributed by atoms with Crippen LogP contribution in [-0.4, -0.2) is 9.97 Å². The summed E-state index contributed by atoms with van der Waals surface area (Å²) in [6.07, 6.45) is 0. The SMILES string of the molecule is Cl.Fc1cccc(CON(c2ccccc2)c2nc(Cl)nc3ccc(I)cc23)c1. The van der Waals surface area contributed by atoms with E-state index in [1.54, 1.807) is 17.2 Å². The van der Waals surface area contributed by atoms with E-state index in [-0.39, 0.29) is 30.1 Å². The van der Waals surface area contributed by atoms with E-state index in [2.05, 4.69) is 32.6 Å². The number of benzene rings is 3. The number of aromatic nitrogens is 2. The molecule has 148 valence electrons. The van der Waals surface area contributed by atoms with E-state index < -0.39 is 0 Å². The summed E-state index contributed by atoms with van der Waals surface area (Å²) in [6.45, 7) is 0.166. The molecule has 0 amide bonds. The molecule has 0 saturated carbocycles. The molecular formula is C21H15Cl2FIN3O. The van der Waals surface area contributed by atoms with Crippen LogP contribution in [0.3, 0.4) is 0 Å². The molecule has 0 bridgehead atoms. The van der Waals surface area contributed by atoms with Gasteiger partial charge in [-0.2, -0.15) is 4.98 Å². The van der Waals surface area contributed by atoms with Crippen molar-refractivity contribution in [3.05, 3.63) is 93.0 Å². The number of rotatable bonds is 5. The van der Waals surface area contributed by atoms with Crippen LogP contribution in [-0.2, 0) is 11.4 Å². The Bertz CT molecular complexity index is 1130. The summed E-state index contributed by atoms with van der Waals surface area (Å²) in [6, 6.07) is 21.7. The second-order valence-electron chi connectivity index (χ2n) is 6.01. The van der Waals surface area contributed by atoms with E-state index in [4.69, 9.17) is 16.4 Å². The molecular weight excluding hydrogens is 527 g/mol. The fourth-order valence-corrected chi connectivity index (χ4v) is 3.46. The summed E-state index contributed by atoms with van der Waals surface area (Å²) in [4.78, 5) is 14.8. The van der Waals surface area contributed by atoms with Crippen molar-refractivity contribution in [2.24, 2.45) is 0 Å². The molecule has 0 aliphatic rings. The maximum atomic E-state index is 13.5. The highest BCUT2D eigenvalue weighted by Crippen LogP contribution is 2.32. The second-order valence-corrected chi connectivity index (χ2v) is 7.59. The maximum Gasteiger partial charge on any atom is 0.225 e. The van der Waals surface area contributed by atoms with Crippen molar-refractivity contribution in [2.75, 3.05) is 5.06 Å².